The molecule has 0 aliphatic carbocycles. The third kappa shape index (κ3) is 3.95. The molecule has 8 nitrogen and oxygen atoms in total. The molecule has 88 valence electrons. The lowest BCUT2D eigenvalue weighted by atomic mass is 10.3. The number of aryl methyl sites for hydroxylation is 1. The quantitative estimate of drug-likeness (QED) is 0.425. The molecule has 0 aliphatic rings. The van der Waals surface area contributed by atoms with Crippen LogP contribution >= 0.6 is 0 Å². The fourth-order valence-electron chi connectivity index (χ4n) is 1.18. The van der Waals surface area contributed by atoms with Gasteiger partial charge in [-0.2, -0.15) is 0 Å². The van der Waals surface area contributed by atoms with Crippen LogP contribution in [0, 0.1) is 10.1 Å². The molecule has 0 radical (unpaired) electrons. The van der Waals surface area contributed by atoms with Crippen molar-refractivity contribution < 1.29 is 14.8 Å². The molecule has 1 aromatic rings. The lowest BCUT2D eigenvalue weighted by Crippen LogP contribution is -2.21. The van der Waals surface area contributed by atoms with Gasteiger partial charge in [0.05, 0.1) is 0 Å². The summed E-state index contributed by atoms with van der Waals surface area (Å²) >= 11 is 0. The van der Waals surface area contributed by atoms with Crippen LogP contribution < -0.4 is 5.32 Å². The van der Waals surface area contributed by atoms with Crippen molar-refractivity contribution in [3.05, 3.63) is 22.6 Å². The summed E-state index contributed by atoms with van der Waals surface area (Å²) in [5.74, 6) is -0.177. The van der Waals surface area contributed by atoms with E-state index >= 15 is 0 Å². The van der Waals surface area contributed by atoms with Crippen LogP contribution in [0.1, 0.15) is 12.8 Å². The summed E-state index contributed by atoms with van der Waals surface area (Å²) in [6, 6.07) is 0. The first-order valence-electron chi connectivity index (χ1n) is 4.72. The first kappa shape index (κ1) is 12.0. The second kappa shape index (κ2) is 5.69. The van der Waals surface area contributed by atoms with Gasteiger partial charge in [-0.1, -0.05) is 0 Å². The van der Waals surface area contributed by atoms with Crippen molar-refractivity contribution in [1.29, 1.82) is 0 Å². The van der Waals surface area contributed by atoms with Gasteiger partial charge in [-0.15, -0.1) is 0 Å². The second-order valence-electron chi connectivity index (χ2n) is 3.17. The van der Waals surface area contributed by atoms with E-state index < -0.39 is 11.0 Å². The topological polar surface area (TPSA) is 110 Å². The van der Waals surface area contributed by atoms with Crippen LogP contribution in [-0.4, -0.2) is 32.2 Å². The molecule has 0 saturated heterocycles. The maximum Gasteiger partial charge on any atom is 0.404 e. The van der Waals surface area contributed by atoms with Crippen molar-refractivity contribution >= 4 is 11.9 Å². The zero-order valence-corrected chi connectivity index (χ0v) is 8.50. The molecule has 2 N–H and O–H groups in total. The summed E-state index contributed by atoms with van der Waals surface area (Å²) in [5, 5.41) is 20.9. The van der Waals surface area contributed by atoms with Crippen molar-refractivity contribution in [2.75, 3.05) is 6.54 Å². The van der Waals surface area contributed by atoms with Gasteiger partial charge in [-0.3, -0.25) is 0 Å². The highest BCUT2D eigenvalue weighted by Gasteiger charge is 2.08. The number of nitrogens with zero attached hydrogens (tertiary/aromatic N) is 3. The lowest BCUT2D eigenvalue weighted by molar-refractivity contribution is -0.389. The van der Waals surface area contributed by atoms with Gasteiger partial charge in [0.15, 0.2) is 0 Å². The van der Waals surface area contributed by atoms with E-state index in [1.165, 1.54) is 12.5 Å². The first-order chi connectivity index (χ1) is 7.59. The monoisotopic (exact) mass is 228 g/mol. The summed E-state index contributed by atoms with van der Waals surface area (Å²) < 4.78 is 1.61. The Kier molecular flexibility index (Phi) is 4.25. The van der Waals surface area contributed by atoms with Gasteiger partial charge in [0.25, 0.3) is 0 Å². The molecule has 1 aromatic heterocycles. The Morgan fingerprint density at radius 1 is 1.62 bits per heavy atom. The number of nitrogens with one attached hydrogen (secondary N) is 1. The number of imidazole rings is 1. The Hall–Kier alpha value is -2.12. The van der Waals surface area contributed by atoms with Crippen LogP contribution in [0.15, 0.2) is 12.5 Å². The highest BCUT2D eigenvalue weighted by molar-refractivity contribution is 5.64. The fourth-order valence-corrected chi connectivity index (χ4v) is 1.18. The van der Waals surface area contributed by atoms with Crippen LogP contribution in [0.2, 0.25) is 0 Å². The largest absolute Gasteiger partial charge is 0.465 e. The molecule has 0 unspecified atom stereocenters. The fraction of sp³-hybridized carbons (Fsp3) is 0.500. The number of hydrogen-bond donors (Lipinski definition) is 2. The van der Waals surface area contributed by atoms with Crippen LogP contribution in [0.25, 0.3) is 0 Å². The maximum absolute atomic E-state index is 10.3. The van der Waals surface area contributed by atoms with Crippen LogP contribution in [-0.2, 0) is 6.54 Å². The number of nitro groups is 1. The Morgan fingerprint density at radius 2 is 2.38 bits per heavy atom. The number of aromatic nitrogens is 2. The molecule has 0 saturated carbocycles. The van der Waals surface area contributed by atoms with Gasteiger partial charge in [-0.05, 0) is 22.7 Å². The smallest absolute Gasteiger partial charge is 0.404 e. The van der Waals surface area contributed by atoms with Gasteiger partial charge in [0.2, 0.25) is 6.33 Å². The molecule has 16 heavy (non-hydrogen) atoms. The van der Waals surface area contributed by atoms with Crippen molar-refractivity contribution in [2.24, 2.45) is 0 Å². The zero-order valence-electron chi connectivity index (χ0n) is 8.50. The standard InChI is InChI=1S/C8H12N4O4/c13-8(14)9-3-1-2-4-11-5-7(10-6-11)12(15)16/h5-6,9H,1-4H2,(H,13,14). The highest BCUT2D eigenvalue weighted by Crippen LogP contribution is 2.06. The Balaban J connectivity index is 2.21. The van der Waals surface area contributed by atoms with E-state index in [-0.39, 0.29) is 5.82 Å². The summed E-state index contributed by atoms with van der Waals surface area (Å²) in [6.07, 6.45) is 3.11. The number of rotatable bonds is 6. The molecule has 0 spiro atoms. The Labute approximate surface area is 91.1 Å². The second-order valence-corrected chi connectivity index (χ2v) is 3.17. The predicted octanol–water partition coefficient (Wildman–Crippen LogP) is 0.839. The van der Waals surface area contributed by atoms with Crippen LogP contribution in [0.4, 0.5) is 10.6 Å². The molecule has 8 heteroatoms. The van der Waals surface area contributed by atoms with Crippen molar-refractivity contribution in [3.63, 3.8) is 0 Å². The number of carbonyl (C=O) groups is 1. The van der Waals surface area contributed by atoms with E-state index in [0.29, 0.717) is 19.5 Å². The van der Waals surface area contributed by atoms with Gasteiger partial charge in [0, 0.05) is 13.1 Å². The minimum Gasteiger partial charge on any atom is -0.465 e. The van der Waals surface area contributed by atoms with E-state index in [9.17, 15) is 14.9 Å². The molecule has 1 rings (SSSR count). The lowest BCUT2D eigenvalue weighted by Gasteiger charge is -2.01. The summed E-state index contributed by atoms with van der Waals surface area (Å²) in [6.45, 7) is 0.967. The van der Waals surface area contributed by atoms with Gasteiger partial charge in [-0.25, -0.2) is 4.79 Å². The number of amides is 1. The average molecular weight is 228 g/mol. The third-order valence-electron chi connectivity index (χ3n) is 1.93. The van der Waals surface area contributed by atoms with Crippen LogP contribution in [0.5, 0.6) is 0 Å². The van der Waals surface area contributed by atoms with Crippen molar-refractivity contribution in [3.8, 4) is 0 Å². The van der Waals surface area contributed by atoms with E-state index in [2.05, 4.69) is 10.3 Å². The summed E-state index contributed by atoms with van der Waals surface area (Å²) in [4.78, 5) is 23.5. The number of carboxylic acid groups (broad SMARTS) is 1. The summed E-state index contributed by atoms with van der Waals surface area (Å²) in [7, 11) is 0. The average Bonchev–Trinajstić information content (AvgIpc) is 2.65. The van der Waals surface area contributed by atoms with E-state index in [0.717, 1.165) is 6.42 Å². The minimum atomic E-state index is -1.04. The van der Waals surface area contributed by atoms with E-state index in [1.54, 1.807) is 4.57 Å². The summed E-state index contributed by atoms with van der Waals surface area (Å²) in [5.41, 5.74) is 0. The maximum atomic E-state index is 10.3. The van der Waals surface area contributed by atoms with Crippen LogP contribution in [0.3, 0.4) is 0 Å². The van der Waals surface area contributed by atoms with Gasteiger partial charge < -0.3 is 25.1 Å². The van der Waals surface area contributed by atoms with E-state index in [4.69, 9.17) is 5.11 Å². The molecule has 0 aromatic carbocycles. The molecular weight excluding hydrogens is 216 g/mol. The number of unbranched alkanes of at least 4 members (excludes halogenated alkanes) is 1. The molecule has 0 bridgehead atoms. The van der Waals surface area contributed by atoms with Gasteiger partial charge in [0.1, 0.15) is 6.20 Å². The SMILES string of the molecule is O=C(O)NCCCCn1cnc([N+](=O)[O-])c1. The van der Waals surface area contributed by atoms with Crippen molar-refractivity contribution in [1.82, 2.24) is 14.9 Å². The Bertz CT molecular complexity index is 376. The number of hydrogen-bond acceptors (Lipinski definition) is 4. The minimum absolute atomic E-state index is 0.177. The molecular formula is C8H12N4O4. The first-order valence-corrected chi connectivity index (χ1v) is 4.72. The predicted molar refractivity (Wildman–Crippen MR) is 54.1 cm³/mol. The Morgan fingerprint density at radius 3 is 2.94 bits per heavy atom. The molecule has 1 amide bonds. The third-order valence-corrected chi connectivity index (χ3v) is 1.93. The molecule has 0 atom stereocenters. The normalized spacial score (nSPS) is 10.0. The molecule has 0 aliphatic heterocycles. The van der Waals surface area contributed by atoms with E-state index in [1.807, 2.05) is 0 Å². The molecule has 1 heterocycles. The highest BCUT2D eigenvalue weighted by atomic mass is 16.6. The van der Waals surface area contributed by atoms with Gasteiger partial charge >= 0.3 is 11.9 Å². The zero-order chi connectivity index (χ0) is 12.0. The molecule has 0 fully saturated rings. The van der Waals surface area contributed by atoms with Crippen molar-refractivity contribution in [2.45, 2.75) is 19.4 Å².